The normalized spacial score (nSPS) is 22.6. The van der Waals surface area contributed by atoms with E-state index in [0.29, 0.717) is 13.1 Å². The van der Waals surface area contributed by atoms with Crippen molar-refractivity contribution in [2.24, 2.45) is 5.73 Å². The molecule has 1 aromatic rings. The van der Waals surface area contributed by atoms with Gasteiger partial charge in [0.1, 0.15) is 5.92 Å². The summed E-state index contributed by atoms with van der Waals surface area (Å²) in [5, 5.41) is 0. The molecule has 1 aliphatic rings. The molecule has 2 rings (SSSR count). The van der Waals surface area contributed by atoms with Gasteiger partial charge < -0.3 is 15.4 Å². The van der Waals surface area contributed by atoms with Crippen molar-refractivity contribution in [2.45, 2.75) is 38.4 Å². The van der Waals surface area contributed by atoms with Crippen LogP contribution in [0.25, 0.3) is 0 Å². The van der Waals surface area contributed by atoms with Crippen molar-refractivity contribution in [3.63, 3.8) is 0 Å². The van der Waals surface area contributed by atoms with Crippen molar-refractivity contribution in [2.75, 3.05) is 13.1 Å². The number of rotatable bonds is 3. The molecule has 0 radical (unpaired) electrons. The van der Waals surface area contributed by atoms with Crippen LogP contribution in [-0.4, -0.2) is 40.6 Å². The van der Waals surface area contributed by atoms with Gasteiger partial charge in [0.2, 0.25) is 5.91 Å². The van der Waals surface area contributed by atoms with Crippen LogP contribution < -0.4 is 5.73 Å². The maximum absolute atomic E-state index is 12.9. The number of carbonyl (C=O) groups excluding carboxylic acids is 1. The molecule has 2 unspecified atom stereocenters. The third kappa shape index (κ3) is 3.80. The van der Waals surface area contributed by atoms with E-state index in [1.54, 1.807) is 0 Å². The van der Waals surface area contributed by atoms with E-state index in [1.165, 1.54) is 0 Å². The molecular formula is C16H22N2O2S. The number of hydrogen-bond acceptors (Lipinski definition) is 3. The Kier molecular flexibility index (Phi) is 4.64. The molecule has 0 saturated carbocycles. The largest absolute Gasteiger partial charge is 0.392 e. The quantitative estimate of drug-likeness (QED) is 0.869. The van der Waals surface area contributed by atoms with Gasteiger partial charge in [-0.05, 0) is 26.3 Å². The molecule has 0 bridgehead atoms. The average Bonchev–Trinajstić information content (AvgIpc) is 2.37. The number of morpholine rings is 1. The number of nitrogens with zero attached hydrogens (tertiary/aromatic N) is 1. The standard InChI is InChI=1S/C16H22N2O2S/c1-11-9-18(10-16(2,3)20-11)15(19)13(14(17)21)12-7-5-4-6-8-12/h4-8,11,13H,9-10H2,1-3H3,(H2,17,21). The van der Waals surface area contributed by atoms with E-state index < -0.39 is 5.92 Å². The Morgan fingerprint density at radius 2 is 2.05 bits per heavy atom. The molecule has 2 atom stereocenters. The second kappa shape index (κ2) is 6.12. The minimum absolute atomic E-state index is 0.000435. The van der Waals surface area contributed by atoms with E-state index in [9.17, 15) is 4.79 Å². The minimum atomic E-state index is -0.567. The maximum Gasteiger partial charge on any atom is 0.237 e. The summed E-state index contributed by atoms with van der Waals surface area (Å²) < 4.78 is 5.84. The highest BCUT2D eigenvalue weighted by Crippen LogP contribution is 2.25. The number of benzene rings is 1. The lowest BCUT2D eigenvalue weighted by Gasteiger charge is -2.42. The first-order chi connectivity index (χ1) is 9.80. The summed E-state index contributed by atoms with van der Waals surface area (Å²) in [7, 11) is 0. The summed E-state index contributed by atoms with van der Waals surface area (Å²) >= 11 is 5.13. The second-order valence-corrected chi connectivity index (χ2v) is 6.62. The van der Waals surface area contributed by atoms with E-state index in [0.717, 1.165) is 5.56 Å². The Morgan fingerprint density at radius 1 is 1.43 bits per heavy atom. The zero-order valence-corrected chi connectivity index (χ0v) is 13.5. The number of hydrogen-bond donors (Lipinski definition) is 1. The van der Waals surface area contributed by atoms with Gasteiger partial charge in [0.15, 0.2) is 0 Å². The lowest BCUT2D eigenvalue weighted by molar-refractivity contribution is -0.158. The van der Waals surface area contributed by atoms with Crippen molar-refractivity contribution in [3.05, 3.63) is 35.9 Å². The summed E-state index contributed by atoms with van der Waals surface area (Å²) in [6, 6.07) is 9.46. The van der Waals surface area contributed by atoms with Gasteiger partial charge in [0, 0.05) is 13.1 Å². The molecule has 2 N–H and O–H groups in total. The molecule has 1 aliphatic heterocycles. The molecule has 1 aromatic carbocycles. The molecule has 1 heterocycles. The summed E-state index contributed by atoms with van der Waals surface area (Å²) in [5.41, 5.74) is 6.31. The Labute approximate surface area is 131 Å². The highest BCUT2D eigenvalue weighted by molar-refractivity contribution is 7.80. The van der Waals surface area contributed by atoms with Crippen molar-refractivity contribution in [1.82, 2.24) is 4.90 Å². The lowest BCUT2D eigenvalue weighted by Crippen LogP contribution is -2.55. The molecule has 4 nitrogen and oxygen atoms in total. The highest BCUT2D eigenvalue weighted by Gasteiger charge is 2.37. The first-order valence-electron chi connectivity index (χ1n) is 7.11. The Morgan fingerprint density at radius 3 is 2.57 bits per heavy atom. The molecule has 0 aliphatic carbocycles. The topological polar surface area (TPSA) is 55.6 Å². The van der Waals surface area contributed by atoms with Gasteiger partial charge in [-0.3, -0.25) is 4.79 Å². The van der Waals surface area contributed by atoms with Crippen LogP contribution in [0.4, 0.5) is 0 Å². The molecule has 1 saturated heterocycles. The van der Waals surface area contributed by atoms with Crippen LogP contribution in [0.2, 0.25) is 0 Å². The monoisotopic (exact) mass is 306 g/mol. The molecular weight excluding hydrogens is 284 g/mol. The number of nitrogens with two attached hydrogens (primary N) is 1. The Bertz CT molecular complexity index is 530. The van der Waals surface area contributed by atoms with E-state index in [4.69, 9.17) is 22.7 Å². The second-order valence-electron chi connectivity index (χ2n) is 6.15. The lowest BCUT2D eigenvalue weighted by atomic mass is 9.95. The maximum atomic E-state index is 12.9. The first-order valence-corrected chi connectivity index (χ1v) is 7.52. The van der Waals surface area contributed by atoms with Gasteiger partial charge in [0.05, 0.1) is 16.7 Å². The zero-order chi connectivity index (χ0) is 15.6. The minimum Gasteiger partial charge on any atom is -0.392 e. The molecule has 0 spiro atoms. The van der Waals surface area contributed by atoms with Gasteiger partial charge in [-0.2, -0.15) is 0 Å². The van der Waals surface area contributed by atoms with Crippen molar-refractivity contribution in [3.8, 4) is 0 Å². The van der Waals surface area contributed by atoms with Crippen LogP contribution in [0, 0.1) is 0 Å². The fraction of sp³-hybridized carbons (Fsp3) is 0.500. The molecule has 114 valence electrons. The number of carbonyl (C=O) groups is 1. The van der Waals surface area contributed by atoms with E-state index in [-0.39, 0.29) is 22.6 Å². The number of ether oxygens (including phenoxy) is 1. The summed E-state index contributed by atoms with van der Waals surface area (Å²) in [5.74, 6) is -0.612. The SMILES string of the molecule is CC1CN(C(=O)C(C(N)=S)c2ccccc2)CC(C)(C)O1. The summed E-state index contributed by atoms with van der Waals surface area (Å²) in [4.78, 5) is 14.9. The van der Waals surface area contributed by atoms with Crippen molar-refractivity contribution < 1.29 is 9.53 Å². The van der Waals surface area contributed by atoms with Crippen LogP contribution in [-0.2, 0) is 9.53 Å². The summed E-state index contributed by atoms with van der Waals surface area (Å²) in [6.45, 7) is 7.05. The van der Waals surface area contributed by atoms with Crippen LogP contribution >= 0.6 is 12.2 Å². The first kappa shape index (κ1) is 15.9. The molecule has 1 fully saturated rings. The predicted molar refractivity (Wildman–Crippen MR) is 87.2 cm³/mol. The van der Waals surface area contributed by atoms with Crippen LogP contribution in [0.15, 0.2) is 30.3 Å². The third-order valence-electron chi connectivity index (χ3n) is 3.55. The van der Waals surface area contributed by atoms with Gasteiger partial charge in [-0.15, -0.1) is 0 Å². The molecule has 21 heavy (non-hydrogen) atoms. The zero-order valence-electron chi connectivity index (χ0n) is 12.7. The van der Waals surface area contributed by atoms with Crippen molar-refractivity contribution in [1.29, 1.82) is 0 Å². The Balaban J connectivity index is 2.25. The molecule has 1 amide bonds. The average molecular weight is 306 g/mol. The van der Waals surface area contributed by atoms with Crippen LogP contribution in [0.5, 0.6) is 0 Å². The fourth-order valence-corrected chi connectivity index (χ4v) is 3.12. The third-order valence-corrected chi connectivity index (χ3v) is 3.78. The fourth-order valence-electron chi connectivity index (χ4n) is 2.88. The highest BCUT2D eigenvalue weighted by atomic mass is 32.1. The Hall–Kier alpha value is -1.46. The smallest absolute Gasteiger partial charge is 0.237 e. The van der Waals surface area contributed by atoms with Crippen LogP contribution in [0.1, 0.15) is 32.3 Å². The summed E-state index contributed by atoms with van der Waals surface area (Å²) in [6.07, 6.45) is 0.000435. The predicted octanol–water partition coefficient (Wildman–Crippen LogP) is 2.08. The van der Waals surface area contributed by atoms with Gasteiger partial charge in [-0.1, -0.05) is 42.5 Å². The van der Waals surface area contributed by atoms with E-state index in [2.05, 4.69) is 0 Å². The molecule has 0 aromatic heterocycles. The van der Waals surface area contributed by atoms with Gasteiger partial charge >= 0.3 is 0 Å². The number of thiocarbonyl (C=S) groups is 1. The van der Waals surface area contributed by atoms with Crippen LogP contribution in [0.3, 0.4) is 0 Å². The van der Waals surface area contributed by atoms with Crippen molar-refractivity contribution >= 4 is 23.1 Å². The molecule has 5 heteroatoms. The van der Waals surface area contributed by atoms with E-state index >= 15 is 0 Å². The van der Waals surface area contributed by atoms with Gasteiger partial charge in [-0.25, -0.2) is 0 Å². The number of amides is 1. The van der Waals surface area contributed by atoms with E-state index in [1.807, 2.05) is 56.0 Å². The van der Waals surface area contributed by atoms with Gasteiger partial charge in [0.25, 0.3) is 0 Å².